The fourth-order valence-electron chi connectivity index (χ4n) is 2.05. The monoisotopic (exact) mass is 320 g/mol. The van der Waals surface area contributed by atoms with E-state index in [1.165, 1.54) is 6.42 Å². The van der Waals surface area contributed by atoms with E-state index in [4.69, 9.17) is 4.74 Å². The van der Waals surface area contributed by atoms with Crippen molar-refractivity contribution >= 4 is 27.7 Å². The number of ether oxygens (including phenoxy) is 1. The van der Waals surface area contributed by atoms with Crippen LogP contribution in [0.4, 0.5) is 0 Å². The first-order chi connectivity index (χ1) is 8.24. The van der Waals surface area contributed by atoms with Crippen LogP contribution in [0.25, 0.3) is 0 Å². The number of aliphatic hydroxyl groups is 1. The van der Waals surface area contributed by atoms with E-state index in [0.717, 1.165) is 22.3 Å². The van der Waals surface area contributed by atoms with Crippen LogP contribution >= 0.6 is 27.7 Å². The molecule has 1 aromatic heterocycles. The molecular formula is C11H17BrN2O2S. The van der Waals surface area contributed by atoms with Crippen LogP contribution in [0.15, 0.2) is 10.7 Å². The van der Waals surface area contributed by atoms with Gasteiger partial charge in [0.25, 0.3) is 0 Å². The summed E-state index contributed by atoms with van der Waals surface area (Å²) in [6, 6.07) is 0. The van der Waals surface area contributed by atoms with Crippen LogP contribution in [-0.2, 0) is 11.3 Å². The molecular weight excluding hydrogens is 304 g/mol. The molecule has 2 rings (SSSR count). The number of hydrogen-bond acceptors (Lipinski definition) is 4. The van der Waals surface area contributed by atoms with Gasteiger partial charge in [0.1, 0.15) is 6.10 Å². The summed E-state index contributed by atoms with van der Waals surface area (Å²) in [5.74, 6) is 1.14. The van der Waals surface area contributed by atoms with E-state index in [2.05, 4.69) is 21.0 Å². The quantitative estimate of drug-likeness (QED) is 0.903. The molecule has 1 N–H and O–H groups in total. The predicted octanol–water partition coefficient (Wildman–Crippen LogP) is 2.22. The second kappa shape index (κ2) is 6.22. The Balaban J connectivity index is 2.14. The van der Waals surface area contributed by atoms with E-state index >= 15 is 0 Å². The van der Waals surface area contributed by atoms with Gasteiger partial charge in [-0.25, -0.2) is 0 Å². The smallest absolute Gasteiger partial charge is 0.109 e. The number of aromatic nitrogens is 2. The minimum atomic E-state index is -0.448. The van der Waals surface area contributed by atoms with Crippen LogP contribution in [0.5, 0.6) is 0 Å². The van der Waals surface area contributed by atoms with Crippen molar-refractivity contribution in [2.75, 3.05) is 19.5 Å². The Morgan fingerprint density at radius 1 is 1.76 bits per heavy atom. The van der Waals surface area contributed by atoms with Gasteiger partial charge in [-0.15, -0.1) is 0 Å². The molecule has 2 unspecified atom stereocenters. The van der Waals surface area contributed by atoms with Crippen LogP contribution in [0, 0.1) is 0 Å². The van der Waals surface area contributed by atoms with Crippen molar-refractivity contribution in [2.45, 2.75) is 30.7 Å². The molecule has 0 aromatic carbocycles. The van der Waals surface area contributed by atoms with Crippen molar-refractivity contribution in [3.8, 4) is 0 Å². The van der Waals surface area contributed by atoms with Gasteiger partial charge in [0.2, 0.25) is 0 Å². The van der Waals surface area contributed by atoms with Crippen molar-refractivity contribution < 1.29 is 9.84 Å². The standard InChI is InChI=1S/C11H17BrN2O2S/c1-16-5-4-14-10(8(12)7-13-14)11(15)9-3-2-6-17-9/h7,9,11,15H,2-6H2,1H3. The third-order valence-electron chi connectivity index (χ3n) is 2.94. The van der Waals surface area contributed by atoms with E-state index in [1.807, 2.05) is 16.4 Å². The molecule has 0 amide bonds. The number of methoxy groups -OCH3 is 1. The Labute approximate surface area is 114 Å². The molecule has 0 radical (unpaired) electrons. The van der Waals surface area contributed by atoms with Gasteiger partial charge in [0.15, 0.2) is 0 Å². The normalized spacial score (nSPS) is 21.9. The molecule has 1 fully saturated rings. The molecule has 6 heteroatoms. The van der Waals surface area contributed by atoms with Gasteiger partial charge < -0.3 is 9.84 Å². The molecule has 2 heterocycles. The molecule has 1 aromatic rings. The second-order valence-corrected chi connectivity index (χ2v) is 6.29. The number of aliphatic hydroxyl groups excluding tert-OH is 1. The molecule has 0 saturated carbocycles. The number of rotatable bonds is 5. The van der Waals surface area contributed by atoms with Crippen molar-refractivity contribution in [3.05, 3.63) is 16.4 Å². The third kappa shape index (κ3) is 3.05. The van der Waals surface area contributed by atoms with E-state index in [-0.39, 0.29) is 0 Å². The third-order valence-corrected chi connectivity index (χ3v) is 4.99. The van der Waals surface area contributed by atoms with Gasteiger partial charge >= 0.3 is 0 Å². The lowest BCUT2D eigenvalue weighted by atomic mass is 10.1. The molecule has 1 aliphatic rings. The molecule has 4 nitrogen and oxygen atoms in total. The number of nitrogens with zero attached hydrogens (tertiary/aromatic N) is 2. The van der Waals surface area contributed by atoms with E-state index in [0.29, 0.717) is 18.4 Å². The summed E-state index contributed by atoms with van der Waals surface area (Å²) in [6.07, 6.45) is 3.56. The highest BCUT2D eigenvalue weighted by atomic mass is 79.9. The maximum absolute atomic E-state index is 10.4. The summed E-state index contributed by atoms with van der Waals surface area (Å²) in [6.45, 7) is 1.28. The lowest BCUT2D eigenvalue weighted by Crippen LogP contribution is -2.19. The van der Waals surface area contributed by atoms with Gasteiger partial charge in [-0.2, -0.15) is 16.9 Å². The lowest BCUT2D eigenvalue weighted by molar-refractivity contribution is 0.149. The SMILES string of the molecule is COCCn1ncc(Br)c1C(O)C1CCCS1. The van der Waals surface area contributed by atoms with Crippen LogP contribution in [0.1, 0.15) is 24.6 Å². The van der Waals surface area contributed by atoms with Crippen molar-refractivity contribution in [2.24, 2.45) is 0 Å². The molecule has 0 bridgehead atoms. The van der Waals surface area contributed by atoms with Gasteiger partial charge in [0.05, 0.1) is 29.5 Å². The maximum atomic E-state index is 10.4. The largest absolute Gasteiger partial charge is 0.386 e. The van der Waals surface area contributed by atoms with Crippen LogP contribution in [0.3, 0.4) is 0 Å². The molecule has 0 spiro atoms. The van der Waals surface area contributed by atoms with Crippen LogP contribution in [0.2, 0.25) is 0 Å². The van der Waals surface area contributed by atoms with Crippen LogP contribution < -0.4 is 0 Å². The Morgan fingerprint density at radius 3 is 3.24 bits per heavy atom. The number of hydrogen-bond donors (Lipinski definition) is 1. The van der Waals surface area contributed by atoms with Crippen molar-refractivity contribution in [1.29, 1.82) is 0 Å². The Morgan fingerprint density at radius 2 is 2.59 bits per heavy atom. The molecule has 1 aliphatic heterocycles. The zero-order valence-corrected chi connectivity index (χ0v) is 12.2. The second-order valence-electron chi connectivity index (χ2n) is 4.09. The van der Waals surface area contributed by atoms with Gasteiger partial charge in [-0.1, -0.05) is 0 Å². The first kappa shape index (κ1) is 13.4. The number of thioether (sulfide) groups is 1. The molecule has 1 saturated heterocycles. The number of halogens is 1. The topological polar surface area (TPSA) is 47.3 Å². The van der Waals surface area contributed by atoms with Crippen molar-refractivity contribution in [1.82, 2.24) is 9.78 Å². The van der Waals surface area contributed by atoms with E-state index in [9.17, 15) is 5.11 Å². The molecule has 2 atom stereocenters. The highest BCUT2D eigenvalue weighted by Crippen LogP contribution is 2.38. The highest BCUT2D eigenvalue weighted by molar-refractivity contribution is 9.10. The maximum Gasteiger partial charge on any atom is 0.109 e. The molecule has 17 heavy (non-hydrogen) atoms. The average Bonchev–Trinajstić information content (AvgIpc) is 2.95. The Hall–Kier alpha value is -0.0400. The van der Waals surface area contributed by atoms with Crippen LogP contribution in [-0.4, -0.2) is 39.6 Å². The summed E-state index contributed by atoms with van der Waals surface area (Å²) in [5.41, 5.74) is 0.876. The van der Waals surface area contributed by atoms with E-state index < -0.39 is 6.10 Å². The Bertz CT molecular complexity index is 366. The predicted molar refractivity (Wildman–Crippen MR) is 72.2 cm³/mol. The first-order valence-electron chi connectivity index (χ1n) is 5.74. The van der Waals surface area contributed by atoms with E-state index in [1.54, 1.807) is 13.3 Å². The average molecular weight is 321 g/mol. The fraction of sp³-hybridized carbons (Fsp3) is 0.727. The molecule has 0 aliphatic carbocycles. The summed E-state index contributed by atoms with van der Waals surface area (Å²) in [5, 5.41) is 15.0. The minimum Gasteiger partial charge on any atom is -0.386 e. The lowest BCUT2D eigenvalue weighted by Gasteiger charge is -2.19. The van der Waals surface area contributed by atoms with Gasteiger partial charge in [0, 0.05) is 12.4 Å². The van der Waals surface area contributed by atoms with Gasteiger partial charge in [-0.05, 0) is 34.5 Å². The summed E-state index contributed by atoms with van der Waals surface area (Å²) >= 11 is 5.31. The zero-order chi connectivity index (χ0) is 12.3. The summed E-state index contributed by atoms with van der Waals surface area (Å²) < 4.78 is 7.77. The zero-order valence-electron chi connectivity index (χ0n) is 9.80. The minimum absolute atomic E-state index is 0.296. The van der Waals surface area contributed by atoms with Crippen molar-refractivity contribution in [3.63, 3.8) is 0 Å². The molecule has 96 valence electrons. The first-order valence-corrected chi connectivity index (χ1v) is 7.58. The van der Waals surface area contributed by atoms with Gasteiger partial charge in [-0.3, -0.25) is 4.68 Å². The Kier molecular flexibility index (Phi) is 4.90. The fourth-order valence-corrected chi connectivity index (χ4v) is 3.86. The summed E-state index contributed by atoms with van der Waals surface area (Å²) in [7, 11) is 1.67. The highest BCUT2D eigenvalue weighted by Gasteiger charge is 2.29. The summed E-state index contributed by atoms with van der Waals surface area (Å²) in [4.78, 5) is 0.